The van der Waals surface area contributed by atoms with E-state index in [4.69, 9.17) is 14.7 Å². The van der Waals surface area contributed by atoms with Gasteiger partial charge in [0.15, 0.2) is 11.5 Å². The fraction of sp³-hybridized carbons (Fsp3) is 0.0400. The molecule has 1 aliphatic heterocycles. The molecule has 1 aliphatic carbocycles. The average molecular weight is 707 g/mol. The molecule has 0 saturated carbocycles. The van der Waals surface area contributed by atoms with Crippen molar-refractivity contribution in [2.24, 2.45) is 0 Å². The molecule has 7 aromatic carbocycles. The molecule has 2 aliphatic rings. The van der Waals surface area contributed by atoms with Crippen molar-refractivity contribution in [2.75, 3.05) is 4.90 Å². The minimum Gasteiger partial charge on any atom is -0.453 e. The normalized spacial score (nSPS) is 13.0. The van der Waals surface area contributed by atoms with Crippen molar-refractivity contribution in [1.82, 2.24) is 14.5 Å². The molecule has 0 unspecified atom stereocenters. The van der Waals surface area contributed by atoms with E-state index in [-0.39, 0.29) is 0 Å². The van der Waals surface area contributed by atoms with Gasteiger partial charge in [-0.1, -0.05) is 121 Å². The van der Waals surface area contributed by atoms with Crippen LogP contribution in [0, 0.1) is 0 Å². The summed E-state index contributed by atoms with van der Waals surface area (Å²) in [6.45, 7) is 0. The third kappa shape index (κ3) is 5.24. The van der Waals surface area contributed by atoms with E-state index in [1.165, 1.54) is 22.1 Å². The Balaban J connectivity index is 0.965. The summed E-state index contributed by atoms with van der Waals surface area (Å²) >= 11 is 0. The minimum absolute atomic E-state index is 0.692. The summed E-state index contributed by atoms with van der Waals surface area (Å²) in [7, 11) is 0. The van der Waals surface area contributed by atoms with E-state index in [1.807, 2.05) is 30.3 Å². The van der Waals surface area contributed by atoms with E-state index in [0.29, 0.717) is 5.95 Å². The molecule has 11 rings (SSSR count). The number of aromatic nitrogens is 3. The van der Waals surface area contributed by atoms with Gasteiger partial charge in [-0.3, -0.25) is 4.57 Å². The van der Waals surface area contributed by atoms with Gasteiger partial charge in [-0.2, -0.15) is 0 Å². The number of nitrogens with zero attached hydrogens (tertiary/aromatic N) is 4. The van der Waals surface area contributed by atoms with Crippen molar-refractivity contribution < 1.29 is 4.74 Å². The van der Waals surface area contributed by atoms with Crippen LogP contribution in [0.1, 0.15) is 17.7 Å². The highest BCUT2D eigenvalue weighted by Crippen LogP contribution is 2.51. The van der Waals surface area contributed by atoms with Crippen molar-refractivity contribution in [3.05, 3.63) is 187 Å². The number of aryl methyl sites for hydroxylation is 1. The first-order valence-corrected chi connectivity index (χ1v) is 18.8. The van der Waals surface area contributed by atoms with Crippen LogP contribution in [0.25, 0.3) is 67.3 Å². The Morgan fingerprint density at radius 3 is 2.02 bits per heavy atom. The molecule has 3 heterocycles. The molecular formula is C50H34N4O. The molecule has 0 bridgehead atoms. The fourth-order valence-corrected chi connectivity index (χ4v) is 8.26. The highest BCUT2D eigenvalue weighted by atomic mass is 16.5. The second kappa shape index (κ2) is 12.7. The summed E-state index contributed by atoms with van der Waals surface area (Å²) in [5.41, 5.74) is 14.3. The van der Waals surface area contributed by atoms with E-state index >= 15 is 0 Å². The van der Waals surface area contributed by atoms with Gasteiger partial charge in [0.05, 0.1) is 33.8 Å². The number of anilines is 3. The molecule has 0 fully saturated rings. The van der Waals surface area contributed by atoms with Gasteiger partial charge in [-0.25, -0.2) is 9.97 Å². The Morgan fingerprint density at radius 1 is 0.509 bits per heavy atom. The zero-order chi connectivity index (χ0) is 36.3. The molecule has 0 atom stereocenters. The third-order valence-electron chi connectivity index (χ3n) is 10.9. The molecule has 260 valence electrons. The van der Waals surface area contributed by atoms with Crippen LogP contribution in [-0.4, -0.2) is 14.5 Å². The standard InChI is InChI=1S/C50H34N4O/c1-3-13-35(14-4-1)49-40-18-7-9-19-42(40)51-50(52-49)54-43-20-10-8-17-39(43)41-31-36(27-29-44(41)54)33-23-25-34(26-24-33)37-28-30-46-48(32-37)55-47-22-12-11-21-45(47)53(46)38-15-5-2-6-16-38/h1-7,9-16,18-32H,8,17H2. The molecular weight excluding hydrogens is 673 g/mol. The quantitative estimate of drug-likeness (QED) is 0.179. The van der Waals surface area contributed by atoms with Crippen LogP contribution >= 0.6 is 0 Å². The van der Waals surface area contributed by atoms with Crippen LogP contribution in [0.15, 0.2) is 176 Å². The topological polar surface area (TPSA) is 43.2 Å². The van der Waals surface area contributed by atoms with E-state index < -0.39 is 0 Å². The van der Waals surface area contributed by atoms with Gasteiger partial charge in [-0.15, -0.1) is 0 Å². The van der Waals surface area contributed by atoms with Gasteiger partial charge in [0.1, 0.15) is 0 Å². The number of hydrogen-bond donors (Lipinski definition) is 0. The maximum atomic E-state index is 6.50. The van der Waals surface area contributed by atoms with Gasteiger partial charge in [0, 0.05) is 22.0 Å². The molecule has 2 aromatic heterocycles. The number of fused-ring (bicyclic) bond motifs is 6. The Kier molecular flexibility index (Phi) is 7.24. The predicted octanol–water partition coefficient (Wildman–Crippen LogP) is 13.1. The first-order chi connectivity index (χ1) is 27.3. The van der Waals surface area contributed by atoms with Gasteiger partial charge < -0.3 is 9.64 Å². The first kappa shape index (κ1) is 31.3. The largest absolute Gasteiger partial charge is 0.453 e. The summed E-state index contributed by atoms with van der Waals surface area (Å²) < 4.78 is 8.75. The number of hydrogen-bond acceptors (Lipinski definition) is 4. The predicted molar refractivity (Wildman–Crippen MR) is 225 cm³/mol. The van der Waals surface area contributed by atoms with Crippen molar-refractivity contribution in [1.29, 1.82) is 0 Å². The van der Waals surface area contributed by atoms with Gasteiger partial charge >= 0.3 is 0 Å². The van der Waals surface area contributed by atoms with Crippen molar-refractivity contribution in [3.8, 4) is 51.0 Å². The SMILES string of the molecule is C1=Cc2c(c3cc(-c4ccc(-c5ccc6c(c5)Oc5ccccc5N6c5ccccc5)cc4)ccc3n2-c2nc(-c3ccccc3)c3ccccc3n2)CC1. The third-order valence-corrected chi connectivity index (χ3v) is 10.9. The molecule has 5 heteroatoms. The Morgan fingerprint density at radius 2 is 1.18 bits per heavy atom. The molecule has 0 radical (unpaired) electrons. The van der Waals surface area contributed by atoms with Crippen LogP contribution in [0.3, 0.4) is 0 Å². The zero-order valence-electron chi connectivity index (χ0n) is 29.9. The van der Waals surface area contributed by atoms with Gasteiger partial charge in [0.25, 0.3) is 0 Å². The summed E-state index contributed by atoms with van der Waals surface area (Å²) in [6, 6.07) is 59.6. The Bertz CT molecular complexity index is 2950. The van der Waals surface area contributed by atoms with Crippen LogP contribution < -0.4 is 9.64 Å². The lowest BCUT2D eigenvalue weighted by Gasteiger charge is -2.33. The number of benzene rings is 7. The molecule has 55 heavy (non-hydrogen) atoms. The lowest BCUT2D eigenvalue weighted by molar-refractivity contribution is 0.477. The van der Waals surface area contributed by atoms with Gasteiger partial charge in [0.2, 0.25) is 5.95 Å². The zero-order valence-corrected chi connectivity index (χ0v) is 29.9. The molecule has 0 spiro atoms. The monoisotopic (exact) mass is 706 g/mol. The summed E-state index contributed by atoms with van der Waals surface area (Å²) in [5, 5.41) is 2.29. The minimum atomic E-state index is 0.692. The summed E-state index contributed by atoms with van der Waals surface area (Å²) in [5.74, 6) is 2.37. The molecule has 9 aromatic rings. The van der Waals surface area contributed by atoms with Gasteiger partial charge in [-0.05, 0) is 101 Å². The molecule has 0 N–H and O–H groups in total. The highest BCUT2D eigenvalue weighted by Gasteiger charge is 2.26. The number of ether oxygens (including phenoxy) is 1. The number of para-hydroxylation sites is 4. The first-order valence-electron chi connectivity index (χ1n) is 18.8. The van der Waals surface area contributed by atoms with E-state index in [1.54, 1.807) is 0 Å². The Hall–Kier alpha value is -7.24. The van der Waals surface area contributed by atoms with Crippen LogP contribution in [-0.2, 0) is 6.42 Å². The highest BCUT2D eigenvalue weighted by molar-refractivity contribution is 5.96. The fourth-order valence-electron chi connectivity index (χ4n) is 8.26. The van der Waals surface area contributed by atoms with E-state index in [2.05, 4.69) is 161 Å². The van der Waals surface area contributed by atoms with Crippen LogP contribution in [0.5, 0.6) is 11.5 Å². The molecule has 0 amide bonds. The van der Waals surface area contributed by atoms with Crippen molar-refractivity contribution >= 4 is 44.9 Å². The van der Waals surface area contributed by atoms with Crippen molar-refractivity contribution in [2.45, 2.75) is 12.8 Å². The molecule has 0 saturated heterocycles. The van der Waals surface area contributed by atoms with E-state index in [0.717, 1.165) is 85.9 Å². The Labute approximate surface area is 319 Å². The lowest BCUT2D eigenvalue weighted by Crippen LogP contribution is -2.15. The number of rotatable bonds is 5. The second-order valence-electron chi connectivity index (χ2n) is 14.1. The smallest absolute Gasteiger partial charge is 0.235 e. The maximum absolute atomic E-state index is 6.50. The maximum Gasteiger partial charge on any atom is 0.235 e. The summed E-state index contributed by atoms with van der Waals surface area (Å²) in [6.07, 6.45) is 6.50. The van der Waals surface area contributed by atoms with E-state index in [9.17, 15) is 0 Å². The van der Waals surface area contributed by atoms with Crippen LogP contribution in [0.4, 0.5) is 17.1 Å². The lowest BCUT2D eigenvalue weighted by atomic mass is 9.96. The molecule has 5 nitrogen and oxygen atoms in total. The number of allylic oxidation sites excluding steroid dienone is 1. The summed E-state index contributed by atoms with van der Waals surface area (Å²) in [4.78, 5) is 12.7. The van der Waals surface area contributed by atoms with Crippen LogP contribution in [0.2, 0.25) is 0 Å². The van der Waals surface area contributed by atoms with Crippen molar-refractivity contribution in [3.63, 3.8) is 0 Å². The average Bonchev–Trinajstić information content (AvgIpc) is 3.59. The second-order valence-corrected chi connectivity index (χ2v) is 14.1.